The molecule has 1 atom stereocenters. The molecule has 2 amide bonds. The maximum Gasteiger partial charge on any atom is 0.264 e. The van der Waals surface area contributed by atoms with Gasteiger partial charge in [-0.3, -0.25) is 13.9 Å². The first kappa shape index (κ1) is 31.6. The molecular weight excluding hydrogens is 586 g/mol. The van der Waals surface area contributed by atoms with Gasteiger partial charge in [-0.25, -0.2) is 8.42 Å². The Balaban J connectivity index is 1.79. The Labute approximate surface area is 257 Å². The van der Waals surface area contributed by atoms with E-state index < -0.39 is 28.5 Å². The Hall–Kier alpha value is -4.34. The molecule has 0 bridgehead atoms. The number of hydrogen-bond acceptors (Lipinski definition) is 5. The van der Waals surface area contributed by atoms with Gasteiger partial charge in [0.05, 0.1) is 17.7 Å². The molecule has 224 valence electrons. The summed E-state index contributed by atoms with van der Waals surface area (Å²) >= 11 is 6.03. The van der Waals surface area contributed by atoms with E-state index in [-0.39, 0.29) is 23.8 Å². The standard InChI is InChI=1S/C33H34ClN3O5S/c1-24-9-7-13-28(19-24)37(43(40,41)30-17-15-27(34)16-18-30)23-32(38)36(22-26-12-8-14-29(20-26)42-3)31(33(39)35-2)21-25-10-5-4-6-11-25/h4-20,31H,21-23H2,1-3H3,(H,35,39). The SMILES string of the molecule is CNC(=O)C(Cc1ccccc1)N(Cc1cccc(OC)c1)C(=O)CN(c1cccc(C)c1)S(=O)(=O)c1ccc(Cl)cc1. The zero-order chi connectivity index (χ0) is 31.0. The number of carbonyl (C=O) groups is 2. The van der Waals surface area contributed by atoms with E-state index in [1.165, 1.54) is 36.2 Å². The molecule has 0 saturated carbocycles. The molecule has 0 aromatic heterocycles. The van der Waals surface area contributed by atoms with Gasteiger partial charge in [-0.05, 0) is 72.1 Å². The van der Waals surface area contributed by atoms with Crippen LogP contribution in [0.25, 0.3) is 0 Å². The molecule has 10 heteroatoms. The third-order valence-corrected chi connectivity index (χ3v) is 9.01. The lowest BCUT2D eigenvalue weighted by molar-refractivity contribution is -0.139. The topological polar surface area (TPSA) is 96.0 Å². The number of anilines is 1. The molecule has 1 unspecified atom stereocenters. The number of nitrogens with one attached hydrogen (secondary N) is 1. The fraction of sp³-hybridized carbons (Fsp3) is 0.212. The number of carbonyl (C=O) groups excluding carboxylic acids is 2. The second kappa shape index (κ2) is 14.2. The Morgan fingerprint density at radius 3 is 2.21 bits per heavy atom. The van der Waals surface area contributed by atoms with Crippen molar-refractivity contribution in [2.45, 2.75) is 30.8 Å². The number of halogens is 1. The third-order valence-electron chi connectivity index (χ3n) is 6.97. The molecule has 0 aliphatic rings. The van der Waals surface area contributed by atoms with Gasteiger partial charge in [-0.2, -0.15) is 0 Å². The highest BCUT2D eigenvalue weighted by atomic mass is 35.5. The Morgan fingerprint density at radius 1 is 0.884 bits per heavy atom. The first-order chi connectivity index (χ1) is 20.6. The molecule has 0 heterocycles. The molecule has 4 aromatic carbocycles. The summed E-state index contributed by atoms with van der Waals surface area (Å²) in [6.07, 6.45) is 0.227. The zero-order valence-electron chi connectivity index (χ0n) is 24.2. The molecule has 0 spiro atoms. The quantitative estimate of drug-likeness (QED) is 0.234. The van der Waals surface area contributed by atoms with Gasteiger partial charge in [-0.15, -0.1) is 0 Å². The van der Waals surface area contributed by atoms with Gasteiger partial charge in [0, 0.05) is 25.0 Å². The monoisotopic (exact) mass is 619 g/mol. The van der Waals surface area contributed by atoms with Crippen molar-refractivity contribution < 1.29 is 22.7 Å². The molecule has 4 aromatic rings. The molecule has 0 aliphatic heterocycles. The van der Waals surface area contributed by atoms with Crippen LogP contribution in [0, 0.1) is 6.92 Å². The van der Waals surface area contributed by atoms with Crippen LogP contribution in [-0.2, 0) is 32.6 Å². The Morgan fingerprint density at radius 2 is 1.56 bits per heavy atom. The van der Waals surface area contributed by atoms with E-state index in [4.69, 9.17) is 16.3 Å². The van der Waals surface area contributed by atoms with Crippen LogP contribution in [0.3, 0.4) is 0 Å². The Bertz CT molecular complexity index is 1660. The first-order valence-electron chi connectivity index (χ1n) is 13.6. The molecule has 0 aliphatic carbocycles. The highest BCUT2D eigenvalue weighted by Crippen LogP contribution is 2.27. The summed E-state index contributed by atoms with van der Waals surface area (Å²) in [4.78, 5) is 29.1. The second-order valence-corrected chi connectivity index (χ2v) is 12.3. The van der Waals surface area contributed by atoms with Crippen LogP contribution >= 0.6 is 11.6 Å². The summed E-state index contributed by atoms with van der Waals surface area (Å²) < 4.78 is 34.5. The molecule has 1 N–H and O–H groups in total. The van der Waals surface area contributed by atoms with Crippen molar-refractivity contribution >= 4 is 39.1 Å². The van der Waals surface area contributed by atoms with Crippen molar-refractivity contribution in [2.75, 3.05) is 25.0 Å². The summed E-state index contributed by atoms with van der Waals surface area (Å²) in [6, 6.07) is 28.3. The van der Waals surface area contributed by atoms with Gasteiger partial charge in [-0.1, -0.05) is 66.2 Å². The number of sulfonamides is 1. The number of ether oxygens (including phenoxy) is 1. The van der Waals surface area contributed by atoms with Gasteiger partial charge in [0.25, 0.3) is 10.0 Å². The Kier molecular flexibility index (Phi) is 10.4. The number of methoxy groups -OCH3 is 1. The molecule has 0 fully saturated rings. The van der Waals surface area contributed by atoms with Crippen LogP contribution in [0.1, 0.15) is 16.7 Å². The number of hydrogen-bond donors (Lipinski definition) is 1. The molecule has 0 radical (unpaired) electrons. The average molecular weight is 620 g/mol. The van der Waals surface area contributed by atoms with E-state index in [1.54, 1.807) is 43.5 Å². The summed E-state index contributed by atoms with van der Waals surface area (Å²) in [5.41, 5.74) is 2.71. The van der Waals surface area contributed by atoms with Gasteiger partial charge in [0.2, 0.25) is 11.8 Å². The van der Waals surface area contributed by atoms with Gasteiger partial charge in [0.1, 0.15) is 18.3 Å². The van der Waals surface area contributed by atoms with Gasteiger partial charge >= 0.3 is 0 Å². The first-order valence-corrected chi connectivity index (χ1v) is 15.5. The number of likely N-dealkylation sites (N-methyl/N-ethyl adjacent to an activating group) is 1. The van der Waals surface area contributed by atoms with Crippen molar-refractivity contribution in [3.05, 3.63) is 125 Å². The van der Waals surface area contributed by atoms with Crippen LogP contribution < -0.4 is 14.4 Å². The lowest BCUT2D eigenvalue weighted by Gasteiger charge is -2.33. The maximum absolute atomic E-state index is 14.3. The zero-order valence-corrected chi connectivity index (χ0v) is 25.8. The van der Waals surface area contributed by atoms with Gasteiger partial charge < -0.3 is 15.0 Å². The minimum Gasteiger partial charge on any atom is -0.497 e. The summed E-state index contributed by atoms with van der Waals surface area (Å²) in [5.74, 6) is -0.328. The van der Waals surface area contributed by atoms with Crippen molar-refractivity contribution in [1.29, 1.82) is 0 Å². The molecule has 0 saturated heterocycles. The second-order valence-electron chi connectivity index (χ2n) is 10.00. The van der Waals surface area contributed by atoms with Crippen molar-refractivity contribution in [2.24, 2.45) is 0 Å². The van der Waals surface area contributed by atoms with Crippen molar-refractivity contribution in [3.63, 3.8) is 0 Å². The lowest BCUT2D eigenvalue weighted by Crippen LogP contribution is -2.53. The third kappa shape index (κ3) is 7.94. The summed E-state index contributed by atoms with van der Waals surface area (Å²) in [7, 11) is -1.14. The largest absolute Gasteiger partial charge is 0.497 e. The fourth-order valence-corrected chi connectivity index (χ4v) is 6.27. The summed E-state index contributed by atoms with van der Waals surface area (Å²) in [6.45, 7) is 1.35. The van der Waals surface area contributed by atoms with Gasteiger partial charge in [0.15, 0.2) is 0 Å². The van der Waals surface area contributed by atoms with Crippen LogP contribution in [0.4, 0.5) is 5.69 Å². The minimum absolute atomic E-state index is 0.0160. The van der Waals surface area contributed by atoms with Crippen molar-refractivity contribution in [3.8, 4) is 5.75 Å². The normalized spacial score (nSPS) is 11.8. The van der Waals surface area contributed by atoms with Crippen LogP contribution in [0.2, 0.25) is 5.02 Å². The highest BCUT2D eigenvalue weighted by molar-refractivity contribution is 7.92. The smallest absolute Gasteiger partial charge is 0.264 e. The van der Waals surface area contributed by atoms with Crippen LogP contribution in [0.5, 0.6) is 5.75 Å². The number of nitrogens with zero attached hydrogens (tertiary/aromatic N) is 2. The van der Waals surface area contributed by atoms with E-state index in [0.29, 0.717) is 16.5 Å². The van der Waals surface area contributed by atoms with Crippen molar-refractivity contribution in [1.82, 2.24) is 10.2 Å². The number of rotatable bonds is 12. The predicted octanol–water partition coefficient (Wildman–Crippen LogP) is 5.24. The van der Waals surface area contributed by atoms with E-state index in [2.05, 4.69) is 5.32 Å². The average Bonchev–Trinajstić information content (AvgIpc) is 3.01. The number of benzene rings is 4. The fourth-order valence-electron chi connectivity index (χ4n) is 4.73. The number of aryl methyl sites for hydroxylation is 1. The van der Waals surface area contributed by atoms with Crippen LogP contribution in [-0.4, -0.2) is 51.9 Å². The minimum atomic E-state index is -4.20. The summed E-state index contributed by atoms with van der Waals surface area (Å²) in [5, 5.41) is 3.07. The van der Waals surface area contributed by atoms with Crippen LogP contribution in [0.15, 0.2) is 108 Å². The molecular formula is C33H34ClN3O5S. The lowest BCUT2D eigenvalue weighted by atomic mass is 10.0. The van der Waals surface area contributed by atoms with E-state index >= 15 is 0 Å². The van der Waals surface area contributed by atoms with E-state index in [1.807, 2.05) is 49.4 Å². The molecule has 4 rings (SSSR count). The molecule has 8 nitrogen and oxygen atoms in total. The van der Waals surface area contributed by atoms with E-state index in [9.17, 15) is 18.0 Å². The number of amides is 2. The predicted molar refractivity (Wildman–Crippen MR) is 169 cm³/mol. The van der Waals surface area contributed by atoms with E-state index in [0.717, 1.165) is 21.0 Å². The highest BCUT2D eigenvalue weighted by Gasteiger charge is 2.34. The maximum atomic E-state index is 14.3. The molecule has 43 heavy (non-hydrogen) atoms.